The van der Waals surface area contributed by atoms with Crippen LogP contribution in [0, 0.1) is 0 Å². The number of nitrogens with zero attached hydrogens (tertiary/aromatic N) is 1. The van der Waals surface area contributed by atoms with E-state index in [1.165, 1.54) is 111 Å². The Bertz CT molecular complexity index is 431. The second-order valence-corrected chi connectivity index (χ2v) is 10.5. The van der Waals surface area contributed by atoms with Gasteiger partial charge in [-0.2, -0.15) is 0 Å². The van der Waals surface area contributed by atoms with Crippen molar-refractivity contribution >= 4 is 15.0 Å². The fraction of sp³-hybridized carbons (Fsp3) is 0.739. The molecule has 0 spiro atoms. The Balaban J connectivity index is 0.00000338. The molecule has 0 bridgehead atoms. The van der Waals surface area contributed by atoms with E-state index in [2.05, 4.69) is 37.4 Å². The van der Waals surface area contributed by atoms with Crippen molar-refractivity contribution in [3.63, 3.8) is 0 Å². The molecule has 1 fully saturated rings. The number of rotatable bonds is 14. The van der Waals surface area contributed by atoms with Crippen LogP contribution in [0.4, 0.5) is 0 Å². The molecule has 1 aliphatic heterocycles. The van der Waals surface area contributed by atoms with Gasteiger partial charge in [-0.15, -0.1) is 0 Å². The van der Waals surface area contributed by atoms with Gasteiger partial charge in [0.05, 0.1) is 20.1 Å². The average Bonchev–Trinajstić information content (AvgIpc) is 3.06. The van der Waals surface area contributed by atoms with Crippen LogP contribution in [0.25, 0.3) is 0 Å². The van der Waals surface area contributed by atoms with Crippen molar-refractivity contribution in [2.75, 3.05) is 26.7 Å². The Morgan fingerprint density at radius 2 is 1.31 bits per heavy atom. The number of benzene rings is 1. The first-order valence-corrected chi connectivity index (χ1v) is 13.2. The van der Waals surface area contributed by atoms with Gasteiger partial charge in [0.1, 0.15) is 0 Å². The maximum atomic E-state index is 2.47. The van der Waals surface area contributed by atoms with E-state index in [4.69, 9.17) is 0 Å². The standard InChI is InChI=1S/C23H40NSe.BrH/c1-24(19-13-14-20-24)18-12-7-5-3-2-4-6-8-15-21-25-22-23-16-10-9-11-17-23;/h9-11,16-17H,2-8,12-15,18-22H2,1H3;1H/q+1;/p-1. The summed E-state index contributed by atoms with van der Waals surface area (Å²) in [6, 6.07) is 11.0. The van der Waals surface area contributed by atoms with Gasteiger partial charge in [-0.05, 0) is 0 Å². The Labute approximate surface area is 179 Å². The molecular weight excluding hydrogens is 449 g/mol. The number of likely N-dealkylation sites (tertiary alicyclic amines) is 1. The second kappa shape index (κ2) is 15.1. The van der Waals surface area contributed by atoms with Gasteiger partial charge in [-0.25, -0.2) is 0 Å². The third-order valence-corrected chi connectivity index (χ3v) is 8.08. The minimum absolute atomic E-state index is 0. The predicted octanol–water partition coefficient (Wildman–Crippen LogP) is 3.06. The topological polar surface area (TPSA) is 0 Å². The normalized spacial score (nSPS) is 15.7. The molecule has 0 atom stereocenters. The van der Waals surface area contributed by atoms with Crippen LogP contribution in [-0.4, -0.2) is 46.1 Å². The molecular formula is C23H40BrNSe. The van der Waals surface area contributed by atoms with Crippen molar-refractivity contribution in [2.45, 2.75) is 81.3 Å². The van der Waals surface area contributed by atoms with Gasteiger partial charge in [-0.3, -0.25) is 0 Å². The molecule has 0 amide bonds. The van der Waals surface area contributed by atoms with Crippen LogP contribution in [-0.2, 0) is 5.32 Å². The van der Waals surface area contributed by atoms with Crippen LogP contribution >= 0.6 is 0 Å². The second-order valence-electron chi connectivity index (χ2n) is 8.22. The SMILES string of the molecule is C[N+]1(CCCCCCCCCCC[Se]Cc2ccccc2)CCCC1.[Br-]. The molecule has 1 heterocycles. The van der Waals surface area contributed by atoms with Gasteiger partial charge in [0, 0.05) is 12.8 Å². The van der Waals surface area contributed by atoms with E-state index in [0.717, 1.165) is 15.0 Å². The summed E-state index contributed by atoms with van der Waals surface area (Å²) in [6.45, 7) is 4.31. The van der Waals surface area contributed by atoms with Gasteiger partial charge in [-0.1, -0.05) is 0 Å². The van der Waals surface area contributed by atoms with Crippen LogP contribution in [0.3, 0.4) is 0 Å². The summed E-state index contributed by atoms with van der Waals surface area (Å²) >= 11 is 0.815. The van der Waals surface area contributed by atoms with E-state index >= 15 is 0 Å². The molecule has 1 aromatic rings. The first-order valence-electron chi connectivity index (χ1n) is 10.7. The summed E-state index contributed by atoms with van der Waals surface area (Å²) < 4.78 is 1.37. The van der Waals surface area contributed by atoms with Crippen LogP contribution in [0.2, 0.25) is 5.32 Å². The van der Waals surface area contributed by atoms with E-state index < -0.39 is 0 Å². The van der Waals surface area contributed by atoms with Crippen molar-refractivity contribution in [1.29, 1.82) is 0 Å². The monoisotopic (exact) mass is 489 g/mol. The first kappa shape index (κ1) is 24.2. The van der Waals surface area contributed by atoms with Crippen LogP contribution in [0.5, 0.6) is 0 Å². The van der Waals surface area contributed by atoms with Gasteiger partial charge in [0.25, 0.3) is 0 Å². The Morgan fingerprint density at radius 1 is 0.769 bits per heavy atom. The number of unbranched alkanes of at least 4 members (excludes halogenated alkanes) is 8. The molecule has 1 aliphatic rings. The average molecular weight is 489 g/mol. The molecule has 0 aliphatic carbocycles. The maximum absolute atomic E-state index is 2.47. The first-order chi connectivity index (χ1) is 12.3. The molecule has 0 saturated carbocycles. The van der Waals surface area contributed by atoms with Gasteiger partial charge in [0.2, 0.25) is 0 Å². The predicted molar refractivity (Wildman–Crippen MR) is 112 cm³/mol. The van der Waals surface area contributed by atoms with E-state index in [9.17, 15) is 0 Å². The van der Waals surface area contributed by atoms with E-state index in [0.29, 0.717) is 0 Å². The Hall–Kier alpha value is 0.179. The third kappa shape index (κ3) is 11.1. The zero-order chi connectivity index (χ0) is 17.6. The Kier molecular flexibility index (Phi) is 14.1. The Morgan fingerprint density at radius 3 is 1.92 bits per heavy atom. The van der Waals surface area contributed by atoms with Crippen molar-refractivity contribution < 1.29 is 21.5 Å². The number of halogens is 1. The molecule has 1 nitrogen and oxygen atoms in total. The number of hydrogen-bond donors (Lipinski definition) is 0. The summed E-state index contributed by atoms with van der Waals surface area (Å²) in [7, 11) is 2.47. The molecule has 0 aromatic heterocycles. The maximum Gasteiger partial charge on any atom is 0.0786 e. The smallest absolute Gasteiger partial charge is 0.0786 e. The quantitative estimate of drug-likeness (QED) is 0.214. The van der Waals surface area contributed by atoms with Crippen molar-refractivity contribution in [1.82, 2.24) is 0 Å². The van der Waals surface area contributed by atoms with Crippen LogP contribution < -0.4 is 17.0 Å². The van der Waals surface area contributed by atoms with Gasteiger partial charge in [0.15, 0.2) is 0 Å². The van der Waals surface area contributed by atoms with E-state index in [-0.39, 0.29) is 17.0 Å². The molecule has 0 N–H and O–H groups in total. The molecule has 0 radical (unpaired) electrons. The van der Waals surface area contributed by atoms with Crippen molar-refractivity contribution in [3.05, 3.63) is 35.9 Å². The summed E-state index contributed by atoms with van der Waals surface area (Å²) in [6.07, 6.45) is 16.1. The number of quaternary nitrogens is 1. The summed E-state index contributed by atoms with van der Waals surface area (Å²) in [5.41, 5.74) is 1.53. The molecule has 3 heteroatoms. The van der Waals surface area contributed by atoms with Crippen molar-refractivity contribution in [3.8, 4) is 0 Å². The molecule has 2 rings (SSSR count). The molecule has 0 unspecified atom stereocenters. The fourth-order valence-corrected chi connectivity index (χ4v) is 6.08. The zero-order valence-electron chi connectivity index (χ0n) is 16.9. The number of hydrogen-bond acceptors (Lipinski definition) is 0. The summed E-state index contributed by atoms with van der Waals surface area (Å²) in [5, 5.41) is 2.80. The minimum atomic E-state index is 0. The van der Waals surface area contributed by atoms with Crippen LogP contribution in [0.1, 0.15) is 76.2 Å². The molecule has 1 saturated heterocycles. The van der Waals surface area contributed by atoms with Crippen LogP contribution in [0.15, 0.2) is 30.3 Å². The van der Waals surface area contributed by atoms with Gasteiger partial charge >= 0.3 is 130 Å². The zero-order valence-corrected chi connectivity index (χ0v) is 20.2. The van der Waals surface area contributed by atoms with Crippen molar-refractivity contribution in [2.24, 2.45) is 0 Å². The summed E-state index contributed by atoms with van der Waals surface area (Å²) in [5.74, 6) is 0. The largest absolute Gasteiger partial charge is 1.00 e. The molecule has 150 valence electrons. The minimum Gasteiger partial charge on any atom is -1.00 e. The van der Waals surface area contributed by atoms with Gasteiger partial charge < -0.3 is 17.0 Å². The fourth-order valence-electron chi connectivity index (χ4n) is 4.02. The van der Waals surface area contributed by atoms with E-state index in [1.807, 2.05) is 0 Å². The summed E-state index contributed by atoms with van der Waals surface area (Å²) in [4.78, 5) is 0. The third-order valence-electron chi connectivity index (χ3n) is 5.74. The molecule has 1 aromatic carbocycles. The molecule has 26 heavy (non-hydrogen) atoms. The van der Waals surface area contributed by atoms with E-state index in [1.54, 1.807) is 0 Å².